The van der Waals surface area contributed by atoms with Crippen LogP contribution in [0.25, 0.3) is 0 Å². The highest BCUT2D eigenvalue weighted by Gasteiger charge is 2.33. The molecule has 1 aromatic rings. The van der Waals surface area contributed by atoms with E-state index in [2.05, 4.69) is 27.0 Å². The minimum atomic E-state index is 0.257. The summed E-state index contributed by atoms with van der Waals surface area (Å²) >= 11 is 0. The van der Waals surface area contributed by atoms with Crippen LogP contribution in [0.15, 0.2) is 4.52 Å². The number of amides is 1. The largest absolute Gasteiger partial charge is 0.342 e. The topological polar surface area (TPSA) is 65.7 Å². The van der Waals surface area contributed by atoms with Crippen molar-refractivity contribution in [2.75, 3.05) is 33.7 Å². The molecule has 0 spiro atoms. The van der Waals surface area contributed by atoms with Crippen molar-refractivity contribution in [1.82, 2.24) is 24.8 Å². The zero-order valence-electron chi connectivity index (χ0n) is 14.6. The fourth-order valence-corrected chi connectivity index (χ4v) is 3.46. The van der Waals surface area contributed by atoms with Crippen LogP contribution in [0.4, 0.5) is 0 Å². The Balaban J connectivity index is 1.25. The highest BCUT2D eigenvalue weighted by atomic mass is 16.5. The van der Waals surface area contributed by atoms with Crippen LogP contribution in [-0.2, 0) is 11.3 Å². The van der Waals surface area contributed by atoms with Crippen LogP contribution in [0.2, 0.25) is 0 Å². The number of hydrogen-bond acceptors (Lipinski definition) is 6. The maximum Gasteiger partial charge on any atom is 0.236 e. The molecule has 7 heteroatoms. The minimum Gasteiger partial charge on any atom is -0.342 e. The third-order valence-corrected chi connectivity index (χ3v) is 5.52. The number of carbonyl (C=O) groups is 1. The molecule has 3 fully saturated rings. The molecule has 0 radical (unpaired) electrons. The average Bonchev–Trinajstić information content (AvgIpc) is 3.49. The van der Waals surface area contributed by atoms with Gasteiger partial charge in [-0.2, -0.15) is 4.98 Å². The van der Waals surface area contributed by atoms with Crippen LogP contribution < -0.4 is 0 Å². The van der Waals surface area contributed by atoms with Gasteiger partial charge in [0.05, 0.1) is 13.1 Å². The monoisotopic (exact) mass is 333 g/mol. The predicted octanol–water partition coefficient (Wildman–Crippen LogP) is 1.07. The van der Waals surface area contributed by atoms with E-state index in [9.17, 15) is 4.79 Å². The van der Waals surface area contributed by atoms with Crippen LogP contribution in [0.1, 0.15) is 49.7 Å². The van der Waals surface area contributed by atoms with Gasteiger partial charge in [0.1, 0.15) is 0 Å². The molecule has 132 valence electrons. The Morgan fingerprint density at radius 1 is 1.21 bits per heavy atom. The molecule has 0 N–H and O–H groups in total. The molecule has 7 nitrogen and oxygen atoms in total. The lowest BCUT2D eigenvalue weighted by Crippen LogP contribution is -2.40. The van der Waals surface area contributed by atoms with E-state index in [-0.39, 0.29) is 5.91 Å². The molecule has 1 amide bonds. The maximum atomic E-state index is 12.3. The van der Waals surface area contributed by atoms with E-state index in [0.717, 1.165) is 31.2 Å². The molecule has 4 rings (SSSR count). The molecule has 2 saturated carbocycles. The normalized spacial score (nSPS) is 24.7. The smallest absolute Gasteiger partial charge is 0.236 e. The predicted molar refractivity (Wildman–Crippen MR) is 88.4 cm³/mol. The van der Waals surface area contributed by atoms with Gasteiger partial charge >= 0.3 is 0 Å². The molecule has 1 aromatic heterocycles. The van der Waals surface area contributed by atoms with Crippen molar-refractivity contribution < 1.29 is 9.32 Å². The van der Waals surface area contributed by atoms with E-state index < -0.39 is 0 Å². The van der Waals surface area contributed by atoms with Crippen molar-refractivity contribution in [3.8, 4) is 0 Å². The van der Waals surface area contributed by atoms with Gasteiger partial charge < -0.3 is 9.42 Å². The van der Waals surface area contributed by atoms with Crippen molar-refractivity contribution in [2.24, 2.45) is 0 Å². The standard InChI is InChI=1S/C17H27N5O2/c1-20(10-15-18-17(24-19-15)12-3-4-12)14-7-8-22(9-14)11-16(23)21(2)13-5-6-13/h12-14H,3-11H2,1-2H3. The molecule has 2 heterocycles. The van der Waals surface area contributed by atoms with Crippen molar-refractivity contribution in [1.29, 1.82) is 0 Å². The number of rotatable bonds is 7. The number of likely N-dealkylation sites (N-methyl/N-ethyl adjacent to an activating group) is 2. The summed E-state index contributed by atoms with van der Waals surface area (Å²) in [5.74, 6) is 2.35. The summed E-state index contributed by atoms with van der Waals surface area (Å²) in [6.07, 6.45) is 5.78. The molecule has 0 bridgehead atoms. The Hall–Kier alpha value is -1.47. The van der Waals surface area contributed by atoms with Gasteiger partial charge in [-0.3, -0.25) is 14.6 Å². The summed E-state index contributed by atoms with van der Waals surface area (Å²) < 4.78 is 5.33. The van der Waals surface area contributed by atoms with Gasteiger partial charge in [0.2, 0.25) is 11.8 Å². The fraction of sp³-hybridized carbons (Fsp3) is 0.824. The molecule has 3 aliphatic rings. The van der Waals surface area contributed by atoms with Crippen LogP contribution >= 0.6 is 0 Å². The van der Waals surface area contributed by atoms with Crippen LogP contribution in [0, 0.1) is 0 Å². The summed E-state index contributed by atoms with van der Waals surface area (Å²) in [6, 6.07) is 0.949. The molecule has 0 aromatic carbocycles. The zero-order valence-corrected chi connectivity index (χ0v) is 14.6. The van der Waals surface area contributed by atoms with Gasteiger partial charge in [-0.05, 0) is 39.2 Å². The Kier molecular flexibility index (Phi) is 4.30. The van der Waals surface area contributed by atoms with E-state index in [1.165, 1.54) is 25.7 Å². The molecular formula is C17H27N5O2. The maximum absolute atomic E-state index is 12.3. The summed E-state index contributed by atoms with van der Waals surface area (Å²) in [5.41, 5.74) is 0. The van der Waals surface area contributed by atoms with Crippen molar-refractivity contribution in [3.63, 3.8) is 0 Å². The molecule has 1 atom stereocenters. The fourth-order valence-electron chi connectivity index (χ4n) is 3.46. The van der Waals surface area contributed by atoms with E-state index in [1.54, 1.807) is 0 Å². The molecule has 1 aliphatic heterocycles. The Bertz CT molecular complexity index is 596. The van der Waals surface area contributed by atoms with Gasteiger partial charge in [0.15, 0.2) is 5.82 Å². The van der Waals surface area contributed by atoms with E-state index in [1.807, 2.05) is 11.9 Å². The van der Waals surface area contributed by atoms with Crippen molar-refractivity contribution >= 4 is 5.91 Å². The number of nitrogens with zero attached hydrogens (tertiary/aromatic N) is 5. The first-order chi connectivity index (χ1) is 11.6. The number of carbonyl (C=O) groups excluding carboxylic acids is 1. The first kappa shape index (κ1) is 16.0. The van der Waals surface area contributed by atoms with Gasteiger partial charge in [-0.1, -0.05) is 5.16 Å². The van der Waals surface area contributed by atoms with Crippen LogP contribution in [0.5, 0.6) is 0 Å². The lowest BCUT2D eigenvalue weighted by molar-refractivity contribution is -0.131. The average molecular weight is 333 g/mol. The van der Waals surface area contributed by atoms with Crippen LogP contribution in [0.3, 0.4) is 0 Å². The minimum absolute atomic E-state index is 0.257. The van der Waals surface area contributed by atoms with Gasteiger partial charge in [0.25, 0.3) is 0 Å². The number of likely N-dealkylation sites (tertiary alicyclic amines) is 1. The highest BCUT2D eigenvalue weighted by Crippen LogP contribution is 2.38. The molecule has 1 unspecified atom stereocenters. The molecule has 1 saturated heterocycles. The summed E-state index contributed by atoms with van der Waals surface area (Å²) in [5, 5.41) is 4.10. The third-order valence-electron chi connectivity index (χ3n) is 5.52. The zero-order chi connectivity index (χ0) is 16.7. The first-order valence-corrected chi connectivity index (χ1v) is 9.11. The Morgan fingerprint density at radius 2 is 2.00 bits per heavy atom. The quantitative estimate of drug-likeness (QED) is 0.744. The van der Waals surface area contributed by atoms with E-state index >= 15 is 0 Å². The highest BCUT2D eigenvalue weighted by molar-refractivity contribution is 5.78. The number of hydrogen-bond donors (Lipinski definition) is 0. The molecular weight excluding hydrogens is 306 g/mol. The van der Waals surface area contributed by atoms with Gasteiger partial charge in [0, 0.05) is 38.1 Å². The van der Waals surface area contributed by atoms with Crippen molar-refractivity contribution in [2.45, 2.75) is 56.7 Å². The molecule has 24 heavy (non-hydrogen) atoms. The lowest BCUT2D eigenvalue weighted by Gasteiger charge is -2.24. The second-order valence-corrected chi connectivity index (χ2v) is 7.65. The van der Waals surface area contributed by atoms with Crippen molar-refractivity contribution in [3.05, 3.63) is 11.7 Å². The Labute approximate surface area is 143 Å². The second-order valence-electron chi connectivity index (χ2n) is 7.65. The van der Waals surface area contributed by atoms with E-state index in [4.69, 9.17) is 4.52 Å². The van der Waals surface area contributed by atoms with Crippen LogP contribution in [-0.4, -0.2) is 76.6 Å². The van der Waals surface area contributed by atoms with Gasteiger partial charge in [-0.15, -0.1) is 0 Å². The third kappa shape index (κ3) is 3.62. The summed E-state index contributed by atoms with van der Waals surface area (Å²) in [6.45, 7) is 3.18. The van der Waals surface area contributed by atoms with E-state index in [0.29, 0.717) is 31.1 Å². The van der Waals surface area contributed by atoms with Gasteiger partial charge in [-0.25, -0.2) is 0 Å². The number of aromatic nitrogens is 2. The Morgan fingerprint density at radius 3 is 2.71 bits per heavy atom. The lowest BCUT2D eigenvalue weighted by atomic mass is 10.2. The summed E-state index contributed by atoms with van der Waals surface area (Å²) in [7, 11) is 4.05. The SMILES string of the molecule is CN(Cc1noc(C2CC2)n1)C1CCN(CC(=O)N(C)C2CC2)C1. The molecule has 2 aliphatic carbocycles. The second kappa shape index (κ2) is 6.44. The summed E-state index contributed by atoms with van der Waals surface area (Å²) in [4.78, 5) is 23.3. The first-order valence-electron chi connectivity index (χ1n) is 9.11.